The Hall–Kier alpha value is -5.01. The van der Waals surface area contributed by atoms with Crippen LogP contribution in [0.25, 0.3) is 0 Å². The van der Waals surface area contributed by atoms with E-state index in [1.807, 2.05) is 0 Å². The number of methoxy groups -OCH3 is 1. The maximum atomic E-state index is 12.6. The number of sulfonamides is 2. The molecule has 0 radical (unpaired) electrons. The number of anilines is 2. The van der Waals surface area contributed by atoms with E-state index in [0.717, 1.165) is 60.3 Å². The van der Waals surface area contributed by atoms with Gasteiger partial charge in [0.25, 0.3) is 0 Å². The van der Waals surface area contributed by atoms with E-state index in [9.17, 15) is 53.1 Å². The number of aliphatic hydroxyl groups is 1. The predicted molar refractivity (Wildman–Crippen MR) is 175 cm³/mol. The van der Waals surface area contributed by atoms with E-state index < -0.39 is 62.1 Å². The molecule has 0 aromatic heterocycles. The van der Waals surface area contributed by atoms with Crippen LogP contribution in [0.1, 0.15) is 11.1 Å². The summed E-state index contributed by atoms with van der Waals surface area (Å²) < 4.78 is 139. The van der Waals surface area contributed by atoms with Gasteiger partial charge in [-0.15, -0.1) is 0 Å². The van der Waals surface area contributed by atoms with Gasteiger partial charge in [0, 0.05) is 5.69 Å². The van der Waals surface area contributed by atoms with Gasteiger partial charge in [0.15, 0.2) is 6.10 Å². The van der Waals surface area contributed by atoms with Crippen LogP contribution < -0.4 is 18.5 Å². The van der Waals surface area contributed by atoms with Gasteiger partial charge in [-0.2, -0.15) is 26.3 Å². The van der Waals surface area contributed by atoms with Crippen molar-refractivity contribution in [2.75, 3.05) is 35.2 Å². The number of hydrogen-bond donors (Lipinski definition) is 2. The van der Waals surface area contributed by atoms with Gasteiger partial charge in [0.05, 0.1) is 43.0 Å². The number of ether oxygens (including phenoxy) is 3. The first-order valence-corrected chi connectivity index (χ1v) is 17.9. The van der Waals surface area contributed by atoms with Gasteiger partial charge in [0.1, 0.15) is 23.0 Å². The molecule has 0 unspecified atom stereocenters. The minimum Gasteiger partial charge on any atom is -0.467 e. The second kappa shape index (κ2) is 16.3. The molecule has 19 heteroatoms. The first-order valence-electron chi connectivity index (χ1n) is 14.2. The number of carbonyl (C=O) groups is 1. The fourth-order valence-electron chi connectivity index (χ4n) is 3.98. The Bertz CT molecular complexity index is 1970. The molecule has 0 aliphatic rings. The number of nitrogens with one attached hydrogen (secondary N) is 1. The highest BCUT2D eigenvalue weighted by Gasteiger charge is 2.31. The molecule has 4 rings (SSSR count). The molecule has 0 fully saturated rings. The van der Waals surface area contributed by atoms with E-state index in [1.54, 1.807) is 0 Å². The highest BCUT2D eigenvalue weighted by molar-refractivity contribution is 7.92. The highest BCUT2D eigenvalue weighted by atomic mass is 32.2. The predicted octanol–water partition coefficient (Wildman–Crippen LogP) is 6.67. The van der Waals surface area contributed by atoms with Gasteiger partial charge in [0.2, 0.25) is 20.0 Å². The number of nitrogens with zero attached hydrogens (tertiary/aromatic N) is 1. The van der Waals surface area contributed by atoms with Crippen LogP contribution in [-0.4, -0.2) is 60.2 Å². The highest BCUT2D eigenvalue weighted by Crippen LogP contribution is 2.33. The van der Waals surface area contributed by atoms with E-state index in [-0.39, 0.29) is 22.9 Å². The molecule has 4 aromatic rings. The standard InChI is InChI=1S/C18H18F3NO6S.C14H12F3NO3S/c1-27-17(24)16(23)11-22(29(2,25)26)13-5-9-15(10-6-13)28-14-7-3-12(4-8-14)18(19,20)21;1-22(19,20)18-11-4-8-13(9-5-11)21-12-6-2-10(3-7-12)14(15,16)17/h3-10,16,23H,11H2,1-2H3;2-9,18H,1H3/t16-;/m1./s1. The molecule has 1 atom stereocenters. The Kier molecular flexibility index (Phi) is 13.0. The largest absolute Gasteiger partial charge is 0.467 e. The third-order valence-electron chi connectivity index (χ3n) is 6.33. The van der Waals surface area contributed by atoms with Crippen LogP contribution in [0.5, 0.6) is 23.0 Å². The Balaban J connectivity index is 0.000000286. The Morgan fingerprint density at radius 2 is 1.04 bits per heavy atom. The molecule has 2 N–H and O–H groups in total. The van der Waals surface area contributed by atoms with Gasteiger partial charge in [-0.25, -0.2) is 21.6 Å². The van der Waals surface area contributed by atoms with Crippen LogP contribution in [0.2, 0.25) is 0 Å². The summed E-state index contributed by atoms with van der Waals surface area (Å²) in [5, 5.41) is 9.76. The smallest absolute Gasteiger partial charge is 0.416 e. The topological polar surface area (TPSA) is 149 Å². The summed E-state index contributed by atoms with van der Waals surface area (Å²) in [5.41, 5.74) is -1.06. The number of aliphatic hydroxyl groups excluding tert-OH is 1. The zero-order chi connectivity index (χ0) is 38.2. The lowest BCUT2D eigenvalue weighted by Gasteiger charge is -2.24. The molecule has 11 nitrogen and oxygen atoms in total. The lowest BCUT2D eigenvalue weighted by molar-refractivity contribution is -0.149. The average Bonchev–Trinajstić information content (AvgIpc) is 3.03. The number of rotatable bonds is 11. The third kappa shape index (κ3) is 13.0. The van der Waals surface area contributed by atoms with Gasteiger partial charge in [-0.1, -0.05) is 0 Å². The molecule has 0 amide bonds. The zero-order valence-electron chi connectivity index (χ0n) is 26.8. The second-order valence-corrected chi connectivity index (χ2v) is 14.1. The minimum atomic E-state index is -4.45. The fourth-order valence-corrected chi connectivity index (χ4v) is 5.46. The third-order valence-corrected chi connectivity index (χ3v) is 8.10. The molecule has 51 heavy (non-hydrogen) atoms. The quantitative estimate of drug-likeness (QED) is 0.126. The molecular formula is C32H30F6N2O9S2. The number of esters is 1. The Morgan fingerprint density at radius 1 is 0.686 bits per heavy atom. The van der Waals surface area contributed by atoms with Crippen molar-refractivity contribution in [2.24, 2.45) is 0 Å². The molecule has 0 saturated carbocycles. The van der Waals surface area contributed by atoms with Crippen molar-refractivity contribution in [3.05, 3.63) is 108 Å². The van der Waals surface area contributed by atoms with Gasteiger partial charge >= 0.3 is 18.3 Å². The summed E-state index contributed by atoms with van der Waals surface area (Å²) in [5.74, 6) is 0.0406. The number of halogens is 6. The van der Waals surface area contributed by atoms with E-state index in [2.05, 4.69) is 9.46 Å². The van der Waals surface area contributed by atoms with Crippen LogP contribution in [0.3, 0.4) is 0 Å². The normalized spacial score (nSPS) is 12.5. The van der Waals surface area contributed by atoms with E-state index in [0.29, 0.717) is 11.4 Å². The van der Waals surface area contributed by atoms with Crippen molar-refractivity contribution in [3.63, 3.8) is 0 Å². The monoisotopic (exact) mass is 764 g/mol. The summed E-state index contributed by atoms with van der Waals surface area (Å²) in [6, 6.07) is 19.9. The van der Waals surface area contributed by atoms with Crippen molar-refractivity contribution in [1.29, 1.82) is 0 Å². The van der Waals surface area contributed by atoms with Crippen molar-refractivity contribution < 1.29 is 67.3 Å². The van der Waals surface area contributed by atoms with E-state index >= 15 is 0 Å². The Morgan fingerprint density at radius 3 is 1.35 bits per heavy atom. The number of benzene rings is 4. The van der Waals surface area contributed by atoms with Crippen LogP contribution in [0.15, 0.2) is 97.1 Å². The van der Waals surface area contributed by atoms with Gasteiger partial charge in [-0.3, -0.25) is 9.03 Å². The van der Waals surface area contributed by atoms with E-state index in [1.165, 1.54) is 60.7 Å². The summed E-state index contributed by atoms with van der Waals surface area (Å²) in [6.45, 7) is -0.551. The summed E-state index contributed by atoms with van der Waals surface area (Å²) in [7, 11) is -6.13. The van der Waals surface area contributed by atoms with Crippen LogP contribution in [0, 0.1) is 0 Å². The molecule has 0 heterocycles. The zero-order valence-corrected chi connectivity index (χ0v) is 28.4. The number of hydrogen-bond acceptors (Lipinski definition) is 9. The summed E-state index contributed by atoms with van der Waals surface area (Å²) >= 11 is 0. The maximum absolute atomic E-state index is 12.6. The Labute approximate surface area is 289 Å². The first kappa shape index (κ1) is 40.4. The lowest BCUT2D eigenvalue weighted by Crippen LogP contribution is -2.40. The molecule has 0 bridgehead atoms. The second-order valence-electron chi connectivity index (χ2n) is 10.5. The molecule has 0 spiro atoms. The van der Waals surface area contributed by atoms with Crippen molar-refractivity contribution in [2.45, 2.75) is 18.5 Å². The first-order chi connectivity index (χ1) is 23.5. The van der Waals surface area contributed by atoms with Crippen molar-refractivity contribution >= 4 is 37.4 Å². The molecule has 0 aliphatic carbocycles. The molecule has 0 aliphatic heterocycles. The maximum Gasteiger partial charge on any atom is 0.416 e. The van der Waals surface area contributed by atoms with Crippen molar-refractivity contribution in [1.82, 2.24) is 0 Å². The van der Waals surface area contributed by atoms with Crippen LogP contribution in [-0.2, 0) is 41.9 Å². The molecule has 4 aromatic carbocycles. The number of carbonyl (C=O) groups excluding carboxylic acids is 1. The summed E-state index contributed by atoms with van der Waals surface area (Å²) in [6.07, 6.45) is -8.59. The van der Waals surface area contributed by atoms with Crippen LogP contribution in [0.4, 0.5) is 37.7 Å². The fraction of sp³-hybridized carbons (Fsp3) is 0.219. The van der Waals surface area contributed by atoms with Gasteiger partial charge < -0.3 is 19.3 Å². The molecule has 276 valence electrons. The van der Waals surface area contributed by atoms with Gasteiger partial charge in [-0.05, 0) is 97.1 Å². The lowest BCUT2D eigenvalue weighted by atomic mass is 10.2. The molecule has 0 saturated heterocycles. The SMILES string of the molecule is COC(=O)[C@H](O)CN(c1ccc(Oc2ccc(C(F)(F)F)cc2)cc1)S(C)(=O)=O.CS(=O)(=O)Nc1ccc(Oc2ccc(C(F)(F)F)cc2)cc1. The van der Waals surface area contributed by atoms with Crippen LogP contribution >= 0.6 is 0 Å². The average molecular weight is 765 g/mol. The molecular weight excluding hydrogens is 734 g/mol. The van der Waals surface area contributed by atoms with Crippen molar-refractivity contribution in [3.8, 4) is 23.0 Å². The summed E-state index contributed by atoms with van der Waals surface area (Å²) in [4.78, 5) is 11.4. The minimum absolute atomic E-state index is 0.148. The number of alkyl halides is 6. The van der Waals surface area contributed by atoms with E-state index in [4.69, 9.17) is 9.47 Å².